The highest BCUT2D eigenvalue weighted by atomic mass is 32.1. The van der Waals surface area contributed by atoms with Crippen LogP contribution in [0, 0.1) is 0 Å². The molecule has 0 bridgehead atoms. The topological polar surface area (TPSA) is 35.6 Å². The number of piperazine rings is 1. The third-order valence-corrected chi connectivity index (χ3v) is 5.10. The smallest absolute Gasteiger partial charge is 0.169 e. The Labute approximate surface area is 160 Å². The van der Waals surface area contributed by atoms with E-state index in [1.165, 1.54) is 5.56 Å². The molecule has 1 heterocycles. The predicted molar refractivity (Wildman–Crippen MR) is 109 cm³/mol. The van der Waals surface area contributed by atoms with Gasteiger partial charge in [0, 0.05) is 51.3 Å². The summed E-state index contributed by atoms with van der Waals surface area (Å²) in [5.41, 5.74) is 2.03. The van der Waals surface area contributed by atoms with E-state index < -0.39 is 0 Å². The zero-order valence-corrected chi connectivity index (χ0v) is 15.8. The van der Waals surface area contributed by atoms with Crippen molar-refractivity contribution in [2.45, 2.75) is 13.0 Å². The molecule has 1 fully saturated rings. The summed E-state index contributed by atoms with van der Waals surface area (Å²) in [6.45, 7) is 5.25. The van der Waals surface area contributed by atoms with Gasteiger partial charge in [0.2, 0.25) is 0 Å². The number of nitrogens with one attached hydrogen (secondary N) is 1. The Kier molecular flexibility index (Phi) is 6.75. The molecule has 2 aromatic carbocycles. The lowest BCUT2D eigenvalue weighted by atomic mass is 10.1. The van der Waals surface area contributed by atoms with Crippen molar-refractivity contribution in [1.29, 1.82) is 0 Å². The summed E-state index contributed by atoms with van der Waals surface area (Å²) in [6, 6.07) is 19.8. The summed E-state index contributed by atoms with van der Waals surface area (Å²) in [6.07, 6.45) is 0.570. The highest BCUT2D eigenvalue weighted by Crippen LogP contribution is 2.07. The molecule has 0 aliphatic carbocycles. The van der Waals surface area contributed by atoms with Gasteiger partial charge in [-0.1, -0.05) is 60.7 Å². The van der Waals surface area contributed by atoms with E-state index in [4.69, 9.17) is 12.2 Å². The highest BCUT2D eigenvalue weighted by Gasteiger charge is 2.19. The van der Waals surface area contributed by atoms with Crippen molar-refractivity contribution in [2.75, 3.05) is 32.7 Å². The van der Waals surface area contributed by atoms with Gasteiger partial charge in [-0.3, -0.25) is 9.69 Å². The predicted octanol–water partition coefficient (Wildman–Crippen LogP) is 2.95. The van der Waals surface area contributed by atoms with Crippen LogP contribution in [0.5, 0.6) is 0 Å². The van der Waals surface area contributed by atoms with E-state index in [2.05, 4.69) is 27.2 Å². The molecule has 0 radical (unpaired) electrons. The van der Waals surface area contributed by atoms with Crippen LogP contribution in [0.2, 0.25) is 0 Å². The molecule has 1 aliphatic rings. The van der Waals surface area contributed by atoms with Crippen LogP contribution in [-0.4, -0.2) is 53.4 Å². The minimum Gasteiger partial charge on any atom is -0.358 e. The number of benzene rings is 2. The summed E-state index contributed by atoms with van der Waals surface area (Å²) >= 11 is 5.52. The molecule has 3 rings (SSSR count). The van der Waals surface area contributed by atoms with Gasteiger partial charge in [0.05, 0.1) is 0 Å². The van der Waals surface area contributed by atoms with Gasteiger partial charge in [-0.2, -0.15) is 0 Å². The first kappa shape index (κ1) is 18.5. The summed E-state index contributed by atoms with van der Waals surface area (Å²) < 4.78 is 0. The molecule has 0 saturated carbocycles. The lowest BCUT2D eigenvalue weighted by Crippen LogP contribution is -2.51. The van der Waals surface area contributed by atoms with Crippen LogP contribution in [0.15, 0.2) is 60.7 Å². The molecule has 0 atom stereocenters. The Morgan fingerprint density at radius 1 is 0.923 bits per heavy atom. The van der Waals surface area contributed by atoms with Crippen LogP contribution in [0.4, 0.5) is 0 Å². The summed E-state index contributed by atoms with van der Waals surface area (Å²) in [4.78, 5) is 16.8. The van der Waals surface area contributed by atoms with E-state index in [0.29, 0.717) is 6.42 Å². The number of Topliss-reactive ketones (excluding diaryl/α,β-unsaturated/α-hetero) is 1. The van der Waals surface area contributed by atoms with Crippen LogP contribution in [0.1, 0.15) is 22.3 Å². The van der Waals surface area contributed by atoms with Crippen molar-refractivity contribution in [2.24, 2.45) is 0 Å². The van der Waals surface area contributed by atoms with Gasteiger partial charge in [-0.05, 0) is 17.8 Å². The second kappa shape index (κ2) is 9.46. The van der Waals surface area contributed by atoms with E-state index in [-0.39, 0.29) is 5.78 Å². The monoisotopic (exact) mass is 367 g/mol. The normalized spacial score (nSPS) is 14.8. The number of ketones is 1. The second-order valence-corrected chi connectivity index (χ2v) is 6.90. The fourth-order valence-corrected chi connectivity index (χ4v) is 3.34. The fourth-order valence-electron chi connectivity index (χ4n) is 3.09. The Hall–Kier alpha value is -2.24. The fraction of sp³-hybridized carbons (Fsp3) is 0.333. The zero-order valence-electron chi connectivity index (χ0n) is 14.9. The maximum atomic E-state index is 12.2. The number of nitrogens with zero attached hydrogens (tertiary/aromatic N) is 2. The summed E-state index contributed by atoms with van der Waals surface area (Å²) in [5.74, 6) is 0.216. The van der Waals surface area contributed by atoms with E-state index in [9.17, 15) is 4.79 Å². The number of hydrogen-bond acceptors (Lipinski definition) is 3. The van der Waals surface area contributed by atoms with Crippen molar-refractivity contribution >= 4 is 23.1 Å². The number of thiocarbonyl (C=S) groups is 1. The molecule has 0 spiro atoms. The van der Waals surface area contributed by atoms with Gasteiger partial charge in [-0.15, -0.1) is 0 Å². The largest absolute Gasteiger partial charge is 0.358 e. The zero-order chi connectivity index (χ0) is 18.2. The molecule has 1 saturated heterocycles. The Morgan fingerprint density at radius 2 is 1.54 bits per heavy atom. The molecule has 5 heteroatoms. The lowest BCUT2D eigenvalue weighted by Gasteiger charge is -2.36. The molecule has 1 aliphatic heterocycles. The van der Waals surface area contributed by atoms with Gasteiger partial charge < -0.3 is 10.2 Å². The standard InChI is InChI=1S/C21H25N3OS/c25-20(19-9-5-2-6-10-19)11-12-23-13-15-24(16-14-23)21(26)22-17-18-7-3-1-4-8-18/h1-10H,11-17H2,(H,22,26). The van der Waals surface area contributed by atoms with E-state index in [1.807, 2.05) is 48.5 Å². The molecule has 26 heavy (non-hydrogen) atoms. The van der Waals surface area contributed by atoms with Crippen molar-refractivity contribution in [3.05, 3.63) is 71.8 Å². The molecule has 2 aromatic rings. The first-order chi connectivity index (χ1) is 12.7. The van der Waals surface area contributed by atoms with Gasteiger partial charge in [0.1, 0.15) is 0 Å². The molecule has 0 amide bonds. The molecular weight excluding hydrogens is 342 g/mol. The quantitative estimate of drug-likeness (QED) is 0.627. The molecule has 0 unspecified atom stereocenters. The second-order valence-electron chi connectivity index (χ2n) is 6.51. The number of hydrogen-bond donors (Lipinski definition) is 1. The van der Waals surface area contributed by atoms with Crippen LogP contribution in [0.3, 0.4) is 0 Å². The maximum absolute atomic E-state index is 12.2. The van der Waals surface area contributed by atoms with Gasteiger partial charge in [-0.25, -0.2) is 0 Å². The molecule has 0 aromatic heterocycles. The maximum Gasteiger partial charge on any atom is 0.169 e. The summed E-state index contributed by atoms with van der Waals surface area (Å²) in [5, 5.41) is 4.15. The average Bonchev–Trinajstić information content (AvgIpc) is 2.72. The van der Waals surface area contributed by atoms with Crippen molar-refractivity contribution in [3.8, 4) is 0 Å². The van der Waals surface area contributed by atoms with E-state index >= 15 is 0 Å². The van der Waals surface area contributed by atoms with E-state index in [1.54, 1.807) is 0 Å². The number of carbonyl (C=O) groups excluding carboxylic acids is 1. The molecule has 4 nitrogen and oxygen atoms in total. The van der Waals surface area contributed by atoms with Crippen molar-refractivity contribution in [1.82, 2.24) is 15.1 Å². The van der Waals surface area contributed by atoms with Gasteiger partial charge >= 0.3 is 0 Å². The third-order valence-electron chi connectivity index (χ3n) is 4.70. The van der Waals surface area contributed by atoms with Crippen LogP contribution in [-0.2, 0) is 6.54 Å². The lowest BCUT2D eigenvalue weighted by molar-refractivity contribution is 0.0950. The number of carbonyl (C=O) groups is 1. The van der Waals surface area contributed by atoms with Crippen LogP contribution < -0.4 is 5.32 Å². The average molecular weight is 368 g/mol. The first-order valence-corrected chi connectivity index (χ1v) is 9.50. The van der Waals surface area contributed by atoms with Gasteiger partial charge in [0.15, 0.2) is 10.9 Å². The molecule has 1 N–H and O–H groups in total. The SMILES string of the molecule is O=C(CCN1CCN(C(=S)NCc2ccccc2)CC1)c1ccccc1. The first-order valence-electron chi connectivity index (χ1n) is 9.10. The minimum atomic E-state index is 0.216. The Balaban J connectivity index is 1.37. The van der Waals surface area contributed by atoms with Gasteiger partial charge in [0.25, 0.3) is 0 Å². The van der Waals surface area contributed by atoms with Crippen molar-refractivity contribution < 1.29 is 4.79 Å². The molecule has 136 valence electrons. The summed E-state index contributed by atoms with van der Waals surface area (Å²) in [7, 11) is 0. The van der Waals surface area contributed by atoms with Crippen molar-refractivity contribution in [3.63, 3.8) is 0 Å². The van der Waals surface area contributed by atoms with Crippen LogP contribution >= 0.6 is 12.2 Å². The third kappa shape index (κ3) is 5.38. The molecular formula is C21H25N3OS. The Morgan fingerprint density at radius 3 is 2.19 bits per heavy atom. The minimum absolute atomic E-state index is 0.216. The van der Waals surface area contributed by atoms with Crippen LogP contribution in [0.25, 0.3) is 0 Å². The number of rotatable bonds is 6. The Bertz CT molecular complexity index is 713. The highest BCUT2D eigenvalue weighted by molar-refractivity contribution is 7.80. The van der Waals surface area contributed by atoms with E-state index in [0.717, 1.165) is 49.9 Å².